The first-order valence-corrected chi connectivity index (χ1v) is 6.98. The Balaban J connectivity index is 1.70. The molecule has 0 amide bonds. The lowest BCUT2D eigenvalue weighted by molar-refractivity contribution is 0.362. The molecule has 1 nitrogen and oxygen atoms in total. The first kappa shape index (κ1) is 12.2. The number of nitrogens with one attached hydrogen (secondary N) is 1. The number of rotatable bonds is 4. The topological polar surface area (TPSA) is 12.0 Å². The van der Waals surface area contributed by atoms with Gasteiger partial charge in [0.2, 0.25) is 0 Å². The summed E-state index contributed by atoms with van der Waals surface area (Å²) in [4.78, 5) is 0. The van der Waals surface area contributed by atoms with Gasteiger partial charge in [-0.05, 0) is 56.4 Å². The van der Waals surface area contributed by atoms with Crippen molar-refractivity contribution in [3.8, 4) is 0 Å². The van der Waals surface area contributed by atoms with Crippen LogP contribution in [0.4, 0.5) is 0 Å². The highest BCUT2D eigenvalue weighted by Gasteiger charge is 2.35. The van der Waals surface area contributed by atoms with Gasteiger partial charge in [0.15, 0.2) is 0 Å². The van der Waals surface area contributed by atoms with Gasteiger partial charge >= 0.3 is 0 Å². The van der Waals surface area contributed by atoms with Crippen molar-refractivity contribution >= 4 is 0 Å². The molecule has 0 aromatic heterocycles. The molecular weight excluding hydrogens is 194 g/mol. The molecule has 0 aliphatic heterocycles. The quantitative estimate of drug-likeness (QED) is 0.710. The average Bonchev–Trinajstić information content (AvgIpc) is 2.75. The molecule has 92 valence electrons. The van der Waals surface area contributed by atoms with Gasteiger partial charge in [-0.15, -0.1) is 0 Å². The van der Waals surface area contributed by atoms with E-state index in [1.165, 1.54) is 45.1 Å². The lowest BCUT2D eigenvalue weighted by Crippen LogP contribution is -2.32. The smallest absolute Gasteiger partial charge is 0.00981 e. The minimum Gasteiger partial charge on any atom is -0.313 e. The van der Waals surface area contributed by atoms with Crippen molar-refractivity contribution in [1.29, 1.82) is 0 Å². The zero-order chi connectivity index (χ0) is 11.6. The zero-order valence-electron chi connectivity index (χ0n) is 11.2. The Morgan fingerprint density at radius 2 is 2.19 bits per heavy atom. The maximum atomic E-state index is 3.77. The minimum absolute atomic E-state index is 0.559. The predicted molar refractivity (Wildman–Crippen MR) is 70.5 cm³/mol. The molecule has 0 aromatic carbocycles. The van der Waals surface area contributed by atoms with Crippen LogP contribution in [0.25, 0.3) is 0 Å². The summed E-state index contributed by atoms with van der Waals surface area (Å²) in [5, 5.41) is 3.77. The summed E-state index contributed by atoms with van der Waals surface area (Å²) in [5.41, 5.74) is 2.25. The summed E-state index contributed by atoms with van der Waals surface area (Å²) in [6.07, 6.45) is 10.5. The average molecular weight is 221 g/mol. The van der Waals surface area contributed by atoms with Crippen molar-refractivity contribution in [2.24, 2.45) is 11.3 Å². The summed E-state index contributed by atoms with van der Waals surface area (Å²) < 4.78 is 0. The fraction of sp³-hybridized carbons (Fsp3) is 0.867. The summed E-state index contributed by atoms with van der Waals surface area (Å²) in [7, 11) is 0. The van der Waals surface area contributed by atoms with Crippen LogP contribution < -0.4 is 5.32 Å². The normalized spacial score (nSPS) is 33.1. The van der Waals surface area contributed by atoms with Gasteiger partial charge in [0.05, 0.1) is 0 Å². The zero-order valence-corrected chi connectivity index (χ0v) is 11.2. The number of hydrogen-bond acceptors (Lipinski definition) is 1. The lowest BCUT2D eigenvalue weighted by Gasteiger charge is -2.18. The number of hydrogen-bond donors (Lipinski definition) is 1. The largest absolute Gasteiger partial charge is 0.313 e. The molecule has 2 aliphatic rings. The highest BCUT2D eigenvalue weighted by molar-refractivity contribution is 5.07. The van der Waals surface area contributed by atoms with Crippen LogP contribution in [0.3, 0.4) is 0 Å². The summed E-state index contributed by atoms with van der Waals surface area (Å²) >= 11 is 0. The fourth-order valence-electron chi connectivity index (χ4n) is 3.55. The van der Waals surface area contributed by atoms with Crippen molar-refractivity contribution in [3.63, 3.8) is 0 Å². The molecule has 2 rings (SSSR count). The molecule has 2 atom stereocenters. The van der Waals surface area contributed by atoms with Gasteiger partial charge in [-0.1, -0.05) is 32.4 Å². The summed E-state index contributed by atoms with van der Waals surface area (Å²) in [6.45, 7) is 8.41. The van der Waals surface area contributed by atoms with Crippen molar-refractivity contribution in [1.82, 2.24) is 5.32 Å². The first-order valence-electron chi connectivity index (χ1n) is 6.98. The van der Waals surface area contributed by atoms with Crippen molar-refractivity contribution in [2.75, 3.05) is 6.54 Å². The molecule has 16 heavy (non-hydrogen) atoms. The number of allylic oxidation sites excluding steroid dienone is 1. The van der Waals surface area contributed by atoms with Crippen LogP contribution in [-0.4, -0.2) is 12.6 Å². The molecule has 0 bridgehead atoms. The Morgan fingerprint density at radius 1 is 1.38 bits per heavy atom. The van der Waals surface area contributed by atoms with Gasteiger partial charge in [0.25, 0.3) is 0 Å². The predicted octanol–water partition coefficient (Wildman–Crippen LogP) is 3.90. The highest BCUT2D eigenvalue weighted by atomic mass is 14.9. The van der Waals surface area contributed by atoms with Crippen LogP contribution in [0.2, 0.25) is 0 Å². The fourth-order valence-corrected chi connectivity index (χ4v) is 3.55. The highest BCUT2D eigenvalue weighted by Crippen LogP contribution is 2.40. The van der Waals surface area contributed by atoms with E-state index in [2.05, 4.69) is 32.2 Å². The second-order valence-electron chi connectivity index (χ2n) is 6.61. The van der Waals surface area contributed by atoms with Crippen LogP contribution >= 0.6 is 0 Å². The van der Waals surface area contributed by atoms with E-state index in [-0.39, 0.29) is 0 Å². The van der Waals surface area contributed by atoms with Crippen LogP contribution in [0.5, 0.6) is 0 Å². The van der Waals surface area contributed by atoms with Gasteiger partial charge in [0.1, 0.15) is 0 Å². The van der Waals surface area contributed by atoms with Gasteiger partial charge in [-0.3, -0.25) is 0 Å². The SMILES string of the molecule is CC1CC(C)(C)CC1NCCC1=CCCC1. The Kier molecular flexibility index (Phi) is 3.73. The van der Waals surface area contributed by atoms with Crippen LogP contribution in [0.15, 0.2) is 11.6 Å². The molecule has 0 radical (unpaired) electrons. The van der Waals surface area contributed by atoms with Crippen molar-refractivity contribution in [3.05, 3.63) is 11.6 Å². The molecule has 1 fully saturated rings. The van der Waals surface area contributed by atoms with E-state index in [1.807, 2.05) is 0 Å². The molecule has 1 heteroatoms. The Hall–Kier alpha value is -0.300. The molecular formula is C15H27N. The molecule has 0 saturated heterocycles. The molecule has 0 spiro atoms. The van der Waals surface area contributed by atoms with Crippen LogP contribution in [0.1, 0.15) is 59.3 Å². The Labute approximate surface area is 101 Å². The van der Waals surface area contributed by atoms with E-state index in [9.17, 15) is 0 Å². The van der Waals surface area contributed by atoms with E-state index in [0.29, 0.717) is 5.41 Å². The van der Waals surface area contributed by atoms with Gasteiger partial charge in [0, 0.05) is 6.04 Å². The molecule has 2 unspecified atom stereocenters. The van der Waals surface area contributed by atoms with E-state index in [4.69, 9.17) is 0 Å². The summed E-state index contributed by atoms with van der Waals surface area (Å²) in [6, 6.07) is 0.761. The van der Waals surface area contributed by atoms with Gasteiger partial charge < -0.3 is 5.32 Å². The maximum absolute atomic E-state index is 3.77. The Bertz CT molecular complexity index is 265. The molecule has 0 aromatic rings. The van der Waals surface area contributed by atoms with Crippen molar-refractivity contribution in [2.45, 2.75) is 65.3 Å². The van der Waals surface area contributed by atoms with Crippen molar-refractivity contribution < 1.29 is 0 Å². The third kappa shape index (κ3) is 3.10. The molecule has 2 aliphatic carbocycles. The molecule has 1 N–H and O–H groups in total. The van der Waals surface area contributed by atoms with Crippen LogP contribution in [-0.2, 0) is 0 Å². The maximum Gasteiger partial charge on any atom is 0.00981 e. The molecule has 1 saturated carbocycles. The van der Waals surface area contributed by atoms with E-state index in [1.54, 1.807) is 5.57 Å². The third-order valence-corrected chi connectivity index (χ3v) is 4.32. The minimum atomic E-state index is 0.559. The second kappa shape index (κ2) is 4.91. The second-order valence-corrected chi connectivity index (χ2v) is 6.61. The van der Waals surface area contributed by atoms with E-state index >= 15 is 0 Å². The van der Waals surface area contributed by atoms with Gasteiger partial charge in [-0.2, -0.15) is 0 Å². The first-order chi connectivity index (χ1) is 7.57. The standard InChI is InChI=1S/C15H27N/c1-12-10-15(2,3)11-14(12)16-9-8-13-6-4-5-7-13/h6,12,14,16H,4-5,7-11H2,1-3H3. The van der Waals surface area contributed by atoms with Gasteiger partial charge in [-0.25, -0.2) is 0 Å². The third-order valence-electron chi connectivity index (χ3n) is 4.32. The van der Waals surface area contributed by atoms with Crippen LogP contribution in [0, 0.1) is 11.3 Å². The summed E-state index contributed by atoms with van der Waals surface area (Å²) in [5.74, 6) is 0.854. The molecule has 0 heterocycles. The van der Waals surface area contributed by atoms with E-state index < -0.39 is 0 Å². The lowest BCUT2D eigenvalue weighted by atomic mass is 9.91. The van der Waals surface area contributed by atoms with E-state index in [0.717, 1.165) is 12.0 Å². The monoisotopic (exact) mass is 221 g/mol. The Morgan fingerprint density at radius 3 is 2.75 bits per heavy atom.